The van der Waals surface area contributed by atoms with Crippen molar-refractivity contribution in [1.29, 1.82) is 0 Å². The van der Waals surface area contributed by atoms with Crippen LogP contribution in [0.15, 0.2) is 71.2 Å². The van der Waals surface area contributed by atoms with Crippen molar-refractivity contribution in [3.8, 4) is 11.3 Å². The molecule has 1 aromatic heterocycles. The van der Waals surface area contributed by atoms with E-state index in [2.05, 4.69) is 15.5 Å². The molecule has 132 valence electrons. The van der Waals surface area contributed by atoms with Crippen molar-refractivity contribution in [1.82, 2.24) is 4.98 Å². The first kappa shape index (κ1) is 17.9. The summed E-state index contributed by atoms with van der Waals surface area (Å²) in [6, 6.07) is 14.7. The molecule has 0 aliphatic heterocycles. The van der Waals surface area contributed by atoms with Gasteiger partial charge in [-0.2, -0.15) is 18.3 Å². The van der Waals surface area contributed by atoms with Gasteiger partial charge in [0.25, 0.3) is 0 Å². The largest absolute Gasteiger partial charge is 0.416 e. The van der Waals surface area contributed by atoms with Gasteiger partial charge in [-0.25, -0.2) is 4.98 Å². The summed E-state index contributed by atoms with van der Waals surface area (Å²) in [7, 11) is 0. The van der Waals surface area contributed by atoms with Crippen LogP contribution in [-0.2, 0) is 6.18 Å². The van der Waals surface area contributed by atoms with Gasteiger partial charge >= 0.3 is 6.18 Å². The van der Waals surface area contributed by atoms with E-state index in [4.69, 9.17) is 0 Å². The summed E-state index contributed by atoms with van der Waals surface area (Å²) < 4.78 is 37.8. The predicted octanol–water partition coefficient (Wildman–Crippen LogP) is 5.94. The minimum atomic E-state index is -4.34. The number of hydrogen-bond donors (Lipinski definition) is 1. The van der Waals surface area contributed by atoms with E-state index in [-0.39, 0.29) is 0 Å². The van der Waals surface area contributed by atoms with Crippen molar-refractivity contribution < 1.29 is 13.2 Å². The average Bonchev–Trinajstić information content (AvgIpc) is 3.11. The molecule has 0 aliphatic rings. The maximum atomic E-state index is 12.6. The lowest BCUT2D eigenvalue weighted by Gasteiger charge is -2.06. The summed E-state index contributed by atoms with van der Waals surface area (Å²) in [6.45, 7) is 0. The number of thiazole rings is 1. The highest BCUT2D eigenvalue weighted by molar-refractivity contribution is 7.14. The summed E-state index contributed by atoms with van der Waals surface area (Å²) in [5, 5.41) is 6.37. The molecule has 3 nitrogen and oxygen atoms in total. The van der Waals surface area contributed by atoms with Crippen LogP contribution in [0.3, 0.4) is 0 Å². The first-order chi connectivity index (χ1) is 12.5. The van der Waals surface area contributed by atoms with Gasteiger partial charge in [0, 0.05) is 17.2 Å². The van der Waals surface area contributed by atoms with Crippen molar-refractivity contribution in [2.75, 3.05) is 5.43 Å². The Bertz CT molecular complexity index is 898. The van der Waals surface area contributed by atoms with E-state index in [9.17, 15) is 13.2 Å². The molecule has 26 heavy (non-hydrogen) atoms. The van der Waals surface area contributed by atoms with Crippen LogP contribution in [-0.4, -0.2) is 11.2 Å². The Morgan fingerprint density at radius 3 is 2.42 bits per heavy atom. The fourth-order valence-corrected chi connectivity index (χ4v) is 2.81. The third-order valence-electron chi connectivity index (χ3n) is 3.42. The number of benzene rings is 2. The first-order valence-electron chi connectivity index (χ1n) is 7.66. The molecular formula is C19H14F3N3S. The van der Waals surface area contributed by atoms with Gasteiger partial charge in [0.05, 0.1) is 11.3 Å². The summed E-state index contributed by atoms with van der Waals surface area (Å²) >= 11 is 1.33. The van der Waals surface area contributed by atoms with Crippen LogP contribution in [0.25, 0.3) is 17.3 Å². The molecule has 0 saturated heterocycles. The Hall–Kier alpha value is -2.93. The number of hydrazone groups is 1. The Kier molecular flexibility index (Phi) is 5.48. The number of hydrogen-bond acceptors (Lipinski definition) is 4. The molecule has 1 N–H and O–H groups in total. The molecule has 0 amide bonds. The number of nitrogens with zero attached hydrogens (tertiary/aromatic N) is 2. The molecule has 3 rings (SSSR count). The number of anilines is 1. The van der Waals surface area contributed by atoms with Crippen molar-refractivity contribution >= 4 is 28.8 Å². The van der Waals surface area contributed by atoms with E-state index >= 15 is 0 Å². The molecule has 0 atom stereocenters. The lowest BCUT2D eigenvalue weighted by atomic mass is 10.1. The zero-order valence-electron chi connectivity index (χ0n) is 13.4. The minimum Gasteiger partial charge on any atom is -0.253 e. The van der Waals surface area contributed by atoms with Crippen LogP contribution in [0.1, 0.15) is 11.1 Å². The second-order valence-corrected chi connectivity index (χ2v) is 6.13. The topological polar surface area (TPSA) is 37.3 Å². The quantitative estimate of drug-likeness (QED) is 0.444. The van der Waals surface area contributed by atoms with Gasteiger partial charge in [-0.05, 0) is 23.8 Å². The molecular weight excluding hydrogens is 359 g/mol. The maximum absolute atomic E-state index is 12.6. The third-order valence-corrected chi connectivity index (χ3v) is 4.17. The Labute approximate surface area is 152 Å². The molecule has 7 heteroatoms. The van der Waals surface area contributed by atoms with Gasteiger partial charge in [-0.3, -0.25) is 5.43 Å². The van der Waals surface area contributed by atoms with Crippen molar-refractivity contribution in [2.24, 2.45) is 5.10 Å². The highest BCUT2D eigenvalue weighted by Crippen LogP contribution is 2.31. The maximum Gasteiger partial charge on any atom is 0.416 e. The van der Waals surface area contributed by atoms with Crippen LogP contribution in [0.4, 0.5) is 18.3 Å². The Morgan fingerprint density at radius 2 is 1.73 bits per heavy atom. The van der Waals surface area contributed by atoms with Gasteiger partial charge in [0.15, 0.2) is 0 Å². The van der Waals surface area contributed by atoms with Gasteiger partial charge in [0.2, 0.25) is 5.13 Å². The number of halogens is 3. The highest BCUT2D eigenvalue weighted by atomic mass is 32.1. The van der Waals surface area contributed by atoms with Gasteiger partial charge in [-0.15, -0.1) is 11.3 Å². The normalized spacial score (nSPS) is 12.1. The van der Waals surface area contributed by atoms with Crippen molar-refractivity contribution in [2.45, 2.75) is 6.18 Å². The van der Waals surface area contributed by atoms with Gasteiger partial charge in [-0.1, -0.05) is 48.5 Å². The molecule has 1 heterocycles. The second kappa shape index (κ2) is 7.97. The average molecular weight is 373 g/mol. The van der Waals surface area contributed by atoms with E-state index in [1.807, 2.05) is 36.4 Å². The summed E-state index contributed by atoms with van der Waals surface area (Å²) in [6.07, 6.45) is 0.981. The zero-order valence-corrected chi connectivity index (χ0v) is 14.3. The van der Waals surface area contributed by atoms with Gasteiger partial charge in [0.1, 0.15) is 0 Å². The summed E-state index contributed by atoms with van der Waals surface area (Å²) in [5.74, 6) is 0. The molecule has 2 aromatic carbocycles. The van der Waals surface area contributed by atoms with Gasteiger partial charge < -0.3 is 0 Å². The predicted molar refractivity (Wildman–Crippen MR) is 100 cm³/mol. The van der Waals surface area contributed by atoms with Crippen molar-refractivity contribution in [3.63, 3.8) is 0 Å². The summed E-state index contributed by atoms with van der Waals surface area (Å²) in [4.78, 5) is 4.32. The lowest BCUT2D eigenvalue weighted by molar-refractivity contribution is -0.137. The fourth-order valence-electron chi connectivity index (χ4n) is 2.14. The van der Waals surface area contributed by atoms with Crippen molar-refractivity contribution in [3.05, 3.63) is 77.2 Å². The standard InChI is InChI=1S/C19H14F3N3S/c20-19(21,22)16-10-8-15(9-11-16)17-13-26-18(24-17)25-23-12-4-7-14-5-2-1-3-6-14/h1-13H,(H,24,25). The summed E-state index contributed by atoms with van der Waals surface area (Å²) in [5.41, 5.74) is 4.41. The Balaban J connectivity index is 1.59. The number of alkyl halides is 3. The van der Waals surface area contributed by atoms with Crippen LogP contribution >= 0.6 is 11.3 Å². The first-order valence-corrected chi connectivity index (χ1v) is 8.54. The van der Waals surface area contributed by atoms with E-state index in [0.717, 1.165) is 17.7 Å². The second-order valence-electron chi connectivity index (χ2n) is 5.27. The smallest absolute Gasteiger partial charge is 0.253 e. The van der Waals surface area contributed by atoms with Crippen LogP contribution < -0.4 is 5.43 Å². The van der Waals surface area contributed by atoms with E-state index in [0.29, 0.717) is 16.4 Å². The molecule has 0 unspecified atom stereocenters. The third kappa shape index (κ3) is 4.80. The number of aromatic nitrogens is 1. The number of rotatable bonds is 5. The minimum absolute atomic E-state index is 0.559. The van der Waals surface area contributed by atoms with Crippen LogP contribution in [0, 0.1) is 0 Å². The lowest BCUT2D eigenvalue weighted by Crippen LogP contribution is -2.03. The van der Waals surface area contributed by atoms with E-state index < -0.39 is 11.7 Å². The fraction of sp³-hybridized carbons (Fsp3) is 0.0526. The molecule has 3 aromatic rings. The van der Waals surface area contributed by atoms with E-state index in [1.165, 1.54) is 23.5 Å². The zero-order chi connectivity index (χ0) is 18.4. The number of nitrogens with one attached hydrogen (secondary N) is 1. The monoisotopic (exact) mass is 373 g/mol. The molecule has 0 aliphatic carbocycles. The van der Waals surface area contributed by atoms with Crippen LogP contribution in [0.5, 0.6) is 0 Å². The van der Waals surface area contributed by atoms with Crippen LogP contribution in [0.2, 0.25) is 0 Å². The molecule has 0 spiro atoms. The SMILES string of the molecule is FC(F)(F)c1ccc(-c2csc(NN=CC=Cc3ccccc3)n2)cc1. The molecule has 0 bridgehead atoms. The highest BCUT2D eigenvalue weighted by Gasteiger charge is 2.30. The van der Waals surface area contributed by atoms with E-state index in [1.54, 1.807) is 17.7 Å². The Morgan fingerprint density at radius 1 is 1.00 bits per heavy atom. The number of allylic oxidation sites excluding steroid dienone is 1. The molecule has 0 radical (unpaired) electrons. The molecule has 0 fully saturated rings. The molecule has 0 saturated carbocycles.